The van der Waals surface area contributed by atoms with Gasteiger partial charge in [0.05, 0.1) is 13.5 Å². The third-order valence-corrected chi connectivity index (χ3v) is 5.26. The van der Waals surface area contributed by atoms with Gasteiger partial charge < -0.3 is 20.7 Å². The van der Waals surface area contributed by atoms with Crippen molar-refractivity contribution in [3.63, 3.8) is 0 Å². The molecule has 1 fully saturated rings. The van der Waals surface area contributed by atoms with Crippen molar-refractivity contribution < 1.29 is 14.3 Å². The number of anilines is 1. The maximum absolute atomic E-state index is 12.6. The van der Waals surface area contributed by atoms with Crippen molar-refractivity contribution in [3.8, 4) is 5.75 Å². The van der Waals surface area contributed by atoms with Crippen molar-refractivity contribution in [2.24, 2.45) is 0 Å². The lowest BCUT2D eigenvalue weighted by Crippen LogP contribution is -2.47. The van der Waals surface area contributed by atoms with Crippen LogP contribution in [0.1, 0.15) is 34.3 Å². The van der Waals surface area contributed by atoms with Gasteiger partial charge in [0, 0.05) is 35.9 Å². The van der Waals surface area contributed by atoms with Crippen molar-refractivity contribution in [1.29, 1.82) is 0 Å². The Hall–Kier alpha value is -3.02. The van der Waals surface area contributed by atoms with Crippen LogP contribution in [0.4, 0.5) is 5.69 Å². The number of hydrogen-bond acceptors (Lipinski definition) is 4. The molecule has 0 radical (unpaired) electrons. The van der Waals surface area contributed by atoms with Crippen LogP contribution >= 0.6 is 0 Å². The van der Waals surface area contributed by atoms with Crippen LogP contribution in [0.25, 0.3) is 0 Å². The van der Waals surface area contributed by atoms with Gasteiger partial charge in [-0.2, -0.15) is 0 Å². The number of carbonyl (C=O) groups excluding carboxylic acids is 2. The second kappa shape index (κ2) is 8.78. The molecule has 0 bridgehead atoms. The zero-order valence-corrected chi connectivity index (χ0v) is 16.4. The minimum Gasteiger partial charge on any atom is -0.496 e. The molecule has 0 saturated carbocycles. The monoisotopic (exact) mass is 381 g/mol. The molecule has 0 aliphatic carbocycles. The van der Waals surface area contributed by atoms with E-state index in [2.05, 4.69) is 5.32 Å². The second-order valence-corrected chi connectivity index (χ2v) is 7.19. The van der Waals surface area contributed by atoms with Crippen LogP contribution in [-0.4, -0.2) is 43.0 Å². The van der Waals surface area contributed by atoms with Gasteiger partial charge in [-0.1, -0.05) is 24.3 Å². The number of rotatable bonds is 5. The molecule has 1 saturated heterocycles. The predicted molar refractivity (Wildman–Crippen MR) is 109 cm³/mol. The number of nitrogens with one attached hydrogen (secondary N) is 1. The summed E-state index contributed by atoms with van der Waals surface area (Å²) in [4.78, 5) is 26.9. The molecule has 0 aromatic heterocycles. The van der Waals surface area contributed by atoms with Gasteiger partial charge in [-0.3, -0.25) is 9.59 Å². The number of nitrogens with zero attached hydrogens (tertiary/aromatic N) is 1. The van der Waals surface area contributed by atoms with Crippen LogP contribution in [0, 0.1) is 6.92 Å². The summed E-state index contributed by atoms with van der Waals surface area (Å²) in [7, 11) is 1.61. The van der Waals surface area contributed by atoms with E-state index >= 15 is 0 Å². The van der Waals surface area contributed by atoms with Gasteiger partial charge >= 0.3 is 0 Å². The SMILES string of the molecule is COc1ccccc1CC(=O)N1CCC(NC(=O)c2ccc(C)c(N)c2)CC1. The largest absolute Gasteiger partial charge is 0.496 e. The molecule has 1 aliphatic heterocycles. The first-order valence-electron chi connectivity index (χ1n) is 9.54. The molecular weight excluding hydrogens is 354 g/mol. The summed E-state index contributed by atoms with van der Waals surface area (Å²) < 4.78 is 5.32. The van der Waals surface area contributed by atoms with Crippen molar-refractivity contribution in [2.75, 3.05) is 25.9 Å². The summed E-state index contributed by atoms with van der Waals surface area (Å²) in [6, 6.07) is 13.0. The fourth-order valence-corrected chi connectivity index (χ4v) is 3.45. The van der Waals surface area contributed by atoms with Gasteiger partial charge in [-0.05, 0) is 43.5 Å². The van der Waals surface area contributed by atoms with E-state index in [9.17, 15) is 9.59 Å². The summed E-state index contributed by atoms with van der Waals surface area (Å²) >= 11 is 0. The Morgan fingerprint density at radius 3 is 2.57 bits per heavy atom. The Kier molecular flexibility index (Phi) is 6.19. The molecule has 3 rings (SSSR count). The molecule has 28 heavy (non-hydrogen) atoms. The van der Waals surface area contributed by atoms with Crippen molar-refractivity contribution in [2.45, 2.75) is 32.2 Å². The minimum atomic E-state index is -0.120. The van der Waals surface area contributed by atoms with Gasteiger partial charge in [-0.25, -0.2) is 0 Å². The van der Waals surface area contributed by atoms with Crippen LogP contribution in [0.5, 0.6) is 5.75 Å². The number of nitrogens with two attached hydrogens (primary N) is 1. The Morgan fingerprint density at radius 2 is 1.89 bits per heavy atom. The van der Waals surface area contributed by atoms with Crippen molar-refractivity contribution in [3.05, 3.63) is 59.2 Å². The Balaban J connectivity index is 1.51. The van der Waals surface area contributed by atoms with E-state index in [1.807, 2.05) is 42.2 Å². The molecule has 6 heteroatoms. The number of piperidine rings is 1. The molecule has 2 amide bonds. The number of benzene rings is 2. The quantitative estimate of drug-likeness (QED) is 0.780. The van der Waals surface area contributed by atoms with Crippen LogP contribution in [0.15, 0.2) is 42.5 Å². The predicted octanol–water partition coefficient (Wildman–Crippen LogP) is 2.55. The minimum absolute atomic E-state index is 0.0605. The van der Waals surface area contributed by atoms with E-state index in [4.69, 9.17) is 10.5 Å². The van der Waals surface area contributed by atoms with Crippen molar-refractivity contribution >= 4 is 17.5 Å². The van der Waals surface area contributed by atoms with E-state index in [0.717, 1.165) is 29.7 Å². The standard InChI is InChI=1S/C22H27N3O3/c1-15-7-8-17(13-19(15)23)22(27)24-18-9-11-25(12-10-18)21(26)14-16-5-3-4-6-20(16)28-2/h3-8,13,18H,9-12,14,23H2,1-2H3,(H,24,27). The van der Waals surface area contributed by atoms with Gasteiger partial charge in [0.2, 0.25) is 5.91 Å². The number of para-hydroxylation sites is 1. The summed E-state index contributed by atoms with van der Waals surface area (Å²) in [5, 5.41) is 3.06. The van der Waals surface area contributed by atoms with Gasteiger partial charge in [0.15, 0.2) is 0 Å². The summed E-state index contributed by atoms with van der Waals surface area (Å²) in [6.45, 7) is 3.18. The normalized spacial score (nSPS) is 14.6. The number of hydrogen-bond donors (Lipinski definition) is 2. The number of ether oxygens (including phenoxy) is 1. The summed E-state index contributed by atoms with van der Waals surface area (Å²) in [5.74, 6) is 0.696. The van der Waals surface area contributed by atoms with Crippen LogP contribution in [0.2, 0.25) is 0 Å². The Labute approximate surface area is 165 Å². The molecule has 0 spiro atoms. The molecule has 2 aromatic carbocycles. The van der Waals surface area contributed by atoms with Gasteiger partial charge in [0.25, 0.3) is 5.91 Å². The number of methoxy groups -OCH3 is 1. The van der Waals surface area contributed by atoms with Gasteiger partial charge in [0.1, 0.15) is 5.75 Å². The van der Waals surface area contributed by atoms with Gasteiger partial charge in [-0.15, -0.1) is 0 Å². The average molecular weight is 381 g/mol. The first-order chi connectivity index (χ1) is 13.5. The van der Waals surface area contributed by atoms with E-state index < -0.39 is 0 Å². The number of aryl methyl sites for hydroxylation is 1. The molecular formula is C22H27N3O3. The molecule has 0 atom stereocenters. The van der Waals surface area contributed by atoms with E-state index in [1.165, 1.54) is 0 Å². The molecule has 1 aliphatic rings. The highest BCUT2D eigenvalue weighted by Gasteiger charge is 2.24. The topological polar surface area (TPSA) is 84.7 Å². The van der Waals surface area contributed by atoms with Crippen LogP contribution < -0.4 is 15.8 Å². The first kappa shape index (κ1) is 19.7. The molecule has 1 heterocycles. The Bertz CT molecular complexity index is 858. The zero-order chi connectivity index (χ0) is 20.1. The molecule has 148 valence electrons. The lowest BCUT2D eigenvalue weighted by Gasteiger charge is -2.32. The van der Waals surface area contributed by atoms with E-state index in [-0.39, 0.29) is 17.9 Å². The zero-order valence-electron chi connectivity index (χ0n) is 16.4. The summed E-state index contributed by atoms with van der Waals surface area (Å²) in [5.41, 5.74) is 8.92. The third-order valence-electron chi connectivity index (χ3n) is 5.26. The molecule has 6 nitrogen and oxygen atoms in total. The maximum Gasteiger partial charge on any atom is 0.251 e. The second-order valence-electron chi connectivity index (χ2n) is 7.19. The lowest BCUT2D eigenvalue weighted by molar-refractivity contribution is -0.131. The fraction of sp³-hybridized carbons (Fsp3) is 0.364. The maximum atomic E-state index is 12.6. The van der Waals surface area contributed by atoms with Crippen molar-refractivity contribution in [1.82, 2.24) is 10.2 Å². The summed E-state index contributed by atoms with van der Waals surface area (Å²) in [6.07, 6.45) is 1.80. The highest BCUT2D eigenvalue weighted by Crippen LogP contribution is 2.20. The van der Waals surface area contributed by atoms with Crippen LogP contribution in [0.3, 0.4) is 0 Å². The first-order valence-corrected chi connectivity index (χ1v) is 9.54. The highest BCUT2D eigenvalue weighted by molar-refractivity contribution is 5.95. The number of likely N-dealkylation sites (tertiary alicyclic amines) is 1. The lowest BCUT2D eigenvalue weighted by atomic mass is 10.0. The van der Waals surface area contributed by atoms with E-state index in [1.54, 1.807) is 19.2 Å². The molecule has 3 N–H and O–H groups in total. The molecule has 2 aromatic rings. The molecule has 0 unspecified atom stereocenters. The Morgan fingerprint density at radius 1 is 1.18 bits per heavy atom. The third kappa shape index (κ3) is 4.63. The number of nitrogen functional groups attached to an aromatic ring is 1. The van der Waals surface area contributed by atoms with E-state index in [0.29, 0.717) is 30.8 Å². The fourth-order valence-electron chi connectivity index (χ4n) is 3.45. The number of carbonyl (C=O) groups is 2. The number of amides is 2. The highest BCUT2D eigenvalue weighted by atomic mass is 16.5. The average Bonchev–Trinajstić information content (AvgIpc) is 2.71. The smallest absolute Gasteiger partial charge is 0.251 e. The van der Waals surface area contributed by atoms with Crippen LogP contribution in [-0.2, 0) is 11.2 Å².